The molecule has 0 amide bonds. The summed E-state index contributed by atoms with van der Waals surface area (Å²) in [4.78, 5) is 0.675. The van der Waals surface area contributed by atoms with E-state index in [2.05, 4.69) is 4.36 Å². The minimum absolute atomic E-state index is 0.0718. The first-order valence-corrected chi connectivity index (χ1v) is 10.6. The van der Waals surface area contributed by atoms with Gasteiger partial charge >= 0.3 is 0 Å². The molecule has 0 radical (unpaired) electrons. The van der Waals surface area contributed by atoms with Crippen LogP contribution in [0.25, 0.3) is 10.8 Å². The lowest BCUT2D eigenvalue weighted by molar-refractivity contribution is 0.0827. The summed E-state index contributed by atoms with van der Waals surface area (Å²) in [5.74, 6) is 0.0718. The average molecular weight is 368 g/mol. The second kappa shape index (κ2) is 7.60. The topological polar surface area (TPSA) is 49.7 Å². The Balaban J connectivity index is 2.02. The lowest BCUT2D eigenvalue weighted by Crippen LogP contribution is -2.31. The maximum Gasteiger partial charge on any atom is 0.0995 e. The number of hydrogen-bond donors (Lipinski definition) is 1. The molecule has 0 aromatic heterocycles. The Morgan fingerprint density at radius 2 is 1.62 bits per heavy atom. The molecule has 0 bridgehead atoms. The highest BCUT2D eigenvalue weighted by Gasteiger charge is 2.30. The van der Waals surface area contributed by atoms with Gasteiger partial charge in [0.05, 0.1) is 21.1 Å². The molecule has 4 heteroatoms. The van der Waals surface area contributed by atoms with E-state index in [0.717, 1.165) is 22.8 Å². The highest BCUT2D eigenvalue weighted by atomic mass is 32.2. The lowest BCUT2D eigenvalue weighted by atomic mass is 9.95. The third kappa shape index (κ3) is 3.97. The fourth-order valence-corrected chi connectivity index (χ4v) is 5.46. The van der Waals surface area contributed by atoms with Gasteiger partial charge in [0.2, 0.25) is 0 Å². The van der Waals surface area contributed by atoms with Crippen molar-refractivity contribution < 1.29 is 9.32 Å². The molecule has 0 saturated heterocycles. The van der Waals surface area contributed by atoms with Crippen molar-refractivity contribution in [2.45, 2.75) is 30.8 Å². The van der Waals surface area contributed by atoms with Gasteiger partial charge in [0.1, 0.15) is 0 Å². The maximum atomic E-state index is 13.7. The number of rotatable bonds is 6. The molecule has 0 spiro atoms. The van der Waals surface area contributed by atoms with Crippen molar-refractivity contribution in [3.05, 3.63) is 78.4 Å². The number of hydrogen-bond acceptors (Lipinski definition) is 3. The van der Waals surface area contributed by atoms with Gasteiger partial charge in [-0.05, 0) is 47.9 Å². The van der Waals surface area contributed by atoms with Crippen LogP contribution < -0.4 is 0 Å². The molecule has 0 saturated carbocycles. The number of fused-ring (bicyclic) bond motifs is 1. The normalized spacial score (nSPS) is 16.0. The molecular formula is C22H25NO2S. The largest absolute Gasteiger partial charge is 0.384 e. The summed E-state index contributed by atoms with van der Waals surface area (Å²) in [5, 5.41) is 13.4. The molecule has 3 aromatic rings. The molecule has 3 aromatic carbocycles. The molecule has 0 aliphatic rings. The minimum atomic E-state index is -2.71. The molecule has 1 unspecified atom stereocenters. The summed E-state index contributed by atoms with van der Waals surface area (Å²) < 4.78 is 18.2. The Kier molecular flexibility index (Phi) is 5.44. The van der Waals surface area contributed by atoms with Crippen molar-refractivity contribution in [1.29, 1.82) is 0 Å². The first-order valence-electron chi connectivity index (χ1n) is 8.92. The van der Waals surface area contributed by atoms with E-state index in [1.165, 1.54) is 0 Å². The monoisotopic (exact) mass is 367 g/mol. The molecule has 2 atom stereocenters. The zero-order chi connectivity index (χ0) is 18.6. The maximum absolute atomic E-state index is 13.7. The van der Waals surface area contributed by atoms with E-state index in [-0.39, 0.29) is 5.75 Å². The molecule has 0 aliphatic carbocycles. The van der Waals surface area contributed by atoms with Crippen molar-refractivity contribution in [3.63, 3.8) is 0 Å². The van der Waals surface area contributed by atoms with Gasteiger partial charge in [0, 0.05) is 11.4 Å². The van der Waals surface area contributed by atoms with Crippen LogP contribution in [0.2, 0.25) is 0 Å². The van der Waals surface area contributed by atoms with E-state index in [0.29, 0.717) is 11.4 Å². The number of benzene rings is 3. The summed E-state index contributed by atoms with van der Waals surface area (Å²) in [6.45, 7) is 4.25. The van der Waals surface area contributed by atoms with E-state index < -0.39 is 15.3 Å². The van der Waals surface area contributed by atoms with Crippen molar-refractivity contribution in [3.8, 4) is 0 Å². The first kappa shape index (κ1) is 18.6. The molecule has 1 N–H and O–H groups in total. The third-order valence-corrected chi connectivity index (χ3v) is 7.04. The van der Waals surface area contributed by atoms with Crippen molar-refractivity contribution in [2.24, 2.45) is 4.36 Å². The van der Waals surface area contributed by atoms with Crippen LogP contribution in [0, 0.1) is 0 Å². The van der Waals surface area contributed by atoms with Gasteiger partial charge in [-0.1, -0.05) is 61.5 Å². The molecule has 136 valence electrons. The van der Waals surface area contributed by atoms with Crippen LogP contribution in [-0.2, 0) is 15.3 Å². The Hall–Kier alpha value is -2.17. The first-order chi connectivity index (χ1) is 12.4. The SMILES string of the molecule is CCCN=[S@](=O)(CC(C)(O)c1ccc2ccccc2c1)c1ccccc1. The van der Waals surface area contributed by atoms with Crippen LogP contribution in [0.3, 0.4) is 0 Å². The van der Waals surface area contributed by atoms with E-state index in [1.54, 1.807) is 6.92 Å². The number of nitrogens with zero attached hydrogens (tertiary/aromatic N) is 1. The van der Waals surface area contributed by atoms with E-state index in [1.807, 2.05) is 79.7 Å². The molecule has 0 heterocycles. The Bertz CT molecular complexity index is 1000. The fourth-order valence-electron chi connectivity index (χ4n) is 3.06. The Morgan fingerprint density at radius 3 is 2.31 bits per heavy atom. The summed E-state index contributed by atoms with van der Waals surface area (Å²) in [7, 11) is -2.71. The van der Waals surface area contributed by atoms with Gasteiger partial charge in [-0.25, -0.2) is 8.57 Å². The van der Waals surface area contributed by atoms with Crippen LogP contribution in [0.1, 0.15) is 25.8 Å². The lowest BCUT2D eigenvalue weighted by Gasteiger charge is -2.26. The van der Waals surface area contributed by atoms with Gasteiger partial charge in [0.25, 0.3) is 0 Å². The zero-order valence-corrected chi connectivity index (χ0v) is 16.1. The van der Waals surface area contributed by atoms with E-state index >= 15 is 0 Å². The quantitative estimate of drug-likeness (QED) is 0.668. The zero-order valence-electron chi connectivity index (χ0n) is 15.3. The molecule has 0 fully saturated rings. The summed E-state index contributed by atoms with van der Waals surface area (Å²) in [5.41, 5.74) is -0.486. The molecule has 3 nitrogen and oxygen atoms in total. The van der Waals surface area contributed by atoms with Gasteiger partial charge in [-0.2, -0.15) is 0 Å². The second-order valence-electron chi connectivity index (χ2n) is 6.79. The Labute approximate surface area is 155 Å². The van der Waals surface area contributed by atoms with Crippen LogP contribution >= 0.6 is 0 Å². The molecular weight excluding hydrogens is 342 g/mol. The van der Waals surface area contributed by atoms with Gasteiger partial charge in [0.15, 0.2) is 0 Å². The Morgan fingerprint density at radius 1 is 0.962 bits per heavy atom. The highest BCUT2D eigenvalue weighted by molar-refractivity contribution is 7.93. The fraction of sp³-hybridized carbons (Fsp3) is 0.273. The predicted octanol–water partition coefficient (Wildman–Crippen LogP) is 4.98. The van der Waals surface area contributed by atoms with E-state index in [4.69, 9.17) is 0 Å². The van der Waals surface area contributed by atoms with Gasteiger partial charge < -0.3 is 5.11 Å². The van der Waals surface area contributed by atoms with Crippen LogP contribution in [0.5, 0.6) is 0 Å². The van der Waals surface area contributed by atoms with Crippen LogP contribution in [-0.4, -0.2) is 21.6 Å². The predicted molar refractivity (Wildman–Crippen MR) is 109 cm³/mol. The van der Waals surface area contributed by atoms with Crippen molar-refractivity contribution in [1.82, 2.24) is 0 Å². The highest BCUT2D eigenvalue weighted by Crippen LogP contribution is 2.29. The van der Waals surface area contributed by atoms with Crippen molar-refractivity contribution >= 4 is 20.5 Å². The molecule has 0 aliphatic heterocycles. The molecule has 26 heavy (non-hydrogen) atoms. The third-order valence-electron chi connectivity index (χ3n) is 4.48. The summed E-state index contributed by atoms with van der Waals surface area (Å²) >= 11 is 0. The van der Waals surface area contributed by atoms with Gasteiger partial charge in [-0.15, -0.1) is 0 Å². The number of aliphatic hydroxyl groups is 1. The summed E-state index contributed by atoms with van der Waals surface area (Å²) in [6.07, 6.45) is 0.821. The molecule has 3 rings (SSSR count). The minimum Gasteiger partial charge on any atom is -0.384 e. The summed E-state index contributed by atoms with van der Waals surface area (Å²) in [6, 6.07) is 23.2. The standard InChI is InChI=1S/C22H25NO2S/c1-3-15-23-26(25,21-11-5-4-6-12-21)17-22(2,24)20-14-13-18-9-7-8-10-19(18)16-20/h4-14,16,24H,3,15,17H2,1-2H3/t22?,26-/m0/s1. The second-order valence-corrected chi connectivity index (χ2v) is 9.09. The van der Waals surface area contributed by atoms with Crippen LogP contribution in [0.4, 0.5) is 0 Å². The van der Waals surface area contributed by atoms with Crippen molar-refractivity contribution in [2.75, 3.05) is 12.3 Å². The van der Waals surface area contributed by atoms with Crippen LogP contribution in [0.15, 0.2) is 82.1 Å². The average Bonchev–Trinajstić information content (AvgIpc) is 2.66. The van der Waals surface area contributed by atoms with Gasteiger partial charge in [-0.3, -0.25) is 0 Å². The smallest absolute Gasteiger partial charge is 0.0995 e. The van der Waals surface area contributed by atoms with E-state index in [9.17, 15) is 9.32 Å².